The van der Waals surface area contributed by atoms with Crippen LogP contribution in [0.1, 0.15) is 22.3 Å². The quantitative estimate of drug-likeness (QED) is 0.691. The zero-order valence-corrected chi connectivity index (χ0v) is 14.8. The minimum Gasteiger partial charge on any atom is -0.436 e. The molecule has 0 aliphatic rings. The van der Waals surface area contributed by atoms with E-state index < -0.39 is 17.5 Å². The molecular weight excluding hydrogens is 362 g/mol. The number of nitrogens with one attached hydrogen (secondary N) is 1. The normalized spacial score (nSPS) is 10.0. The van der Waals surface area contributed by atoms with Crippen LogP contribution >= 0.6 is 0 Å². The average molecular weight is 376 g/mol. The lowest BCUT2D eigenvalue weighted by molar-refractivity contribution is 0.414. The second-order valence-electron chi connectivity index (χ2n) is 5.93. The van der Waals surface area contributed by atoms with Crippen molar-refractivity contribution >= 4 is 5.82 Å². The third-order valence-corrected chi connectivity index (χ3v) is 3.96. The van der Waals surface area contributed by atoms with Crippen molar-refractivity contribution in [3.63, 3.8) is 0 Å². The van der Waals surface area contributed by atoms with Gasteiger partial charge in [-0.3, -0.25) is 0 Å². The van der Waals surface area contributed by atoms with Gasteiger partial charge in [0.15, 0.2) is 17.5 Å². The SMILES string of the molecule is Cc1c(F)c(NCc2cccc(C#N)c2)nc(Oc2cccc(C#N)c2)c1F. The third-order valence-electron chi connectivity index (χ3n) is 3.96. The van der Waals surface area contributed by atoms with E-state index in [0.29, 0.717) is 11.1 Å². The van der Waals surface area contributed by atoms with Crippen LogP contribution in [0.15, 0.2) is 48.5 Å². The molecule has 1 heterocycles. The number of aromatic nitrogens is 1. The van der Waals surface area contributed by atoms with Crippen molar-refractivity contribution in [2.75, 3.05) is 5.32 Å². The molecule has 0 aliphatic heterocycles. The van der Waals surface area contributed by atoms with Gasteiger partial charge < -0.3 is 10.1 Å². The fraction of sp³-hybridized carbons (Fsp3) is 0.0952. The Balaban J connectivity index is 1.87. The summed E-state index contributed by atoms with van der Waals surface area (Å²) in [4.78, 5) is 3.91. The summed E-state index contributed by atoms with van der Waals surface area (Å²) in [5.41, 5.74) is 1.32. The molecule has 0 aliphatic carbocycles. The van der Waals surface area contributed by atoms with Crippen molar-refractivity contribution in [2.45, 2.75) is 13.5 Å². The van der Waals surface area contributed by atoms with Crippen LogP contribution in [-0.4, -0.2) is 4.98 Å². The topological polar surface area (TPSA) is 81.7 Å². The number of ether oxygens (including phenoxy) is 1. The summed E-state index contributed by atoms with van der Waals surface area (Å²) in [5, 5.41) is 20.7. The average Bonchev–Trinajstić information content (AvgIpc) is 2.73. The van der Waals surface area contributed by atoms with E-state index in [1.165, 1.54) is 13.0 Å². The van der Waals surface area contributed by atoms with Gasteiger partial charge in [0.2, 0.25) is 0 Å². The van der Waals surface area contributed by atoms with Gasteiger partial charge in [0.05, 0.1) is 23.3 Å². The predicted molar refractivity (Wildman–Crippen MR) is 98.6 cm³/mol. The minimum absolute atomic E-state index is 0.173. The van der Waals surface area contributed by atoms with E-state index >= 15 is 0 Å². The molecule has 0 spiro atoms. The highest BCUT2D eigenvalue weighted by Gasteiger charge is 2.19. The number of rotatable bonds is 5. The van der Waals surface area contributed by atoms with Gasteiger partial charge in [0, 0.05) is 12.1 Å². The molecular formula is C21H14F2N4O. The molecule has 138 valence electrons. The highest BCUT2D eigenvalue weighted by atomic mass is 19.1. The van der Waals surface area contributed by atoms with E-state index in [-0.39, 0.29) is 23.7 Å². The lowest BCUT2D eigenvalue weighted by atomic mass is 10.1. The summed E-state index contributed by atoms with van der Waals surface area (Å²) in [7, 11) is 0. The highest BCUT2D eigenvalue weighted by molar-refractivity contribution is 5.46. The van der Waals surface area contributed by atoms with Crippen LogP contribution in [0.2, 0.25) is 0 Å². The van der Waals surface area contributed by atoms with Crippen LogP contribution in [0.5, 0.6) is 11.6 Å². The number of hydrogen-bond donors (Lipinski definition) is 1. The first-order chi connectivity index (χ1) is 13.5. The maximum absolute atomic E-state index is 14.4. The number of nitriles is 2. The molecule has 0 bridgehead atoms. The maximum atomic E-state index is 14.4. The van der Waals surface area contributed by atoms with Gasteiger partial charge in [-0.25, -0.2) is 8.78 Å². The fourth-order valence-electron chi connectivity index (χ4n) is 2.50. The standard InChI is InChI=1S/C21H14F2N4O/c1-13-18(22)20(26-12-16-6-2-4-14(8-16)10-24)27-21(19(13)23)28-17-7-3-5-15(9-17)11-25/h2-9H,12H2,1H3,(H,26,27). The van der Waals surface area contributed by atoms with E-state index in [2.05, 4.69) is 10.3 Å². The van der Waals surface area contributed by atoms with Crippen LogP contribution in [0.3, 0.4) is 0 Å². The lowest BCUT2D eigenvalue weighted by Gasteiger charge is -2.13. The number of benzene rings is 2. The minimum atomic E-state index is -0.920. The van der Waals surface area contributed by atoms with Gasteiger partial charge in [-0.1, -0.05) is 18.2 Å². The molecule has 0 fully saturated rings. The number of halogens is 2. The Labute approximate surface area is 160 Å². The Morgan fingerprint density at radius 2 is 1.68 bits per heavy atom. The molecule has 0 atom stereocenters. The second-order valence-corrected chi connectivity index (χ2v) is 5.93. The smallest absolute Gasteiger partial charge is 0.258 e. The zero-order valence-electron chi connectivity index (χ0n) is 14.8. The van der Waals surface area contributed by atoms with Crippen molar-refractivity contribution < 1.29 is 13.5 Å². The van der Waals surface area contributed by atoms with Gasteiger partial charge in [0.1, 0.15) is 5.75 Å². The summed E-state index contributed by atoms with van der Waals surface area (Å²) in [6.07, 6.45) is 0. The molecule has 3 rings (SSSR count). The first kappa shape index (κ1) is 18.8. The molecule has 0 radical (unpaired) electrons. The van der Waals surface area contributed by atoms with Crippen molar-refractivity contribution in [1.29, 1.82) is 10.5 Å². The third kappa shape index (κ3) is 4.05. The molecule has 1 aromatic heterocycles. The Kier molecular flexibility index (Phi) is 5.48. The molecule has 5 nitrogen and oxygen atoms in total. The van der Waals surface area contributed by atoms with Gasteiger partial charge in [-0.15, -0.1) is 0 Å². The molecule has 0 saturated carbocycles. The van der Waals surface area contributed by atoms with Gasteiger partial charge >= 0.3 is 0 Å². The molecule has 7 heteroatoms. The van der Waals surface area contributed by atoms with Gasteiger partial charge in [-0.2, -0.15) is 15.5 Å². The molecule has 0 saturated heterocycles. The summed E-state index contributed by atoms with van der Waals surface area (Å²) in [6.45, 7) is 1.47. The van der Waals surface area contributed by atoms with E-state index in [1.54, 1.807) is 42.5 Å². The fourth-order valence-corrected chi connectivity index (χ4v) is 2.50. The van der Waals surface area contributed by atoms with Crippen LogP contribution in [0.25, 0.3) is 0 Å². The van der Waals surface area contributed by atoms with Crippen LogP contribution in [0, 0.1) is 41.2 Å². The Bertz CT molecular complexity index is 1120. The van der Waals surface area contributed by atoms with Crippen molar-refractivity contribution in [1.82, 2.24) is 4.98 Å². The summed E-state index contributed by atoms with van der Waals surface area (Å²) >= 11 is 0. The zero-order chi connectivity index (χ0) is 20.1. The predicted octanol–water partition coefficient (Wildman–Crippen LogP) is 4.82. The van der Waals surface area contributed by atoms with E-state index in [4.69, 9.17) is 15.3 Å². The summed E-state index contributed by atoms with van der Waals surface area (Å²) in [5.74, 6) is -2.11. The molecule has 3 aromatic rings. The van der Waals surface area contributed by atoms with Crippen molar-refractivity contribution in [3.05, 3.63) is 82.4 Å². The molecule has 1 N–H and O–H groups in total. The lowest BCUT2D eigenvalue weighted by Crippen LogP contribution is -2.08. The first-order valence-electron chi connectivity index (χ1n) is 8.28. The van der Waals surface area contributed by atoms with E-state index in [1.807, 2.05) is 12.1 Å². The Morgan fingerprint density at radius 3 is 2.39 bits per heavy atom. The first-order valence-corrected chi connectivity index (χ1v) is 8.28. The number of anilines is 1. The molecule has 28 heavy (non-hydrogen) atoms. The molecule has 2 aromatic carbocycles. The second kappa shape index (κ2) is 8.15. The van der Waals surface area contributed by atoms with Crippen LogP contribution in [0.4, 0.5) is 14.6 Å². The molecule has 0 unspecified atom stereocenters. The number of pyridine rings is 1. The summed E-state index contributed by atoms with van der Waals surface area (Å²) in [6, 6.07) is 16.9. The number of hydrogen-bond acceptors (Lipinski definition) is 5. The number of nitrogens with zero attached hydrogens (tertiary/aromatic N) is 3. The Hall–Kier alpha value is -3.97. The maximum Gasteiger partial charge on any atom is 0.258 e. The van der Waals surface area contributed by atoms with Crippen LogP contribution < -0.4 is 10.1 Å². The van der Waals surface area contributed by atoms with Crippen molar-refractivity contribution in [3.8, 4) is 23.8 Å². The monoisotopic (exact) mass is 376 g/mol. The van der Waals surface area contributed by atoms with Gasteiger partial charge in [0.25, 0.3) is 5.88 Å². The molecule has 0 amide bonds. The largest absolute Gasteiger partial charge is 0.436 e. The highest BCUT2D eigenvalue weighted by Crippen LogP contribution is 2.29. The Morgan fingerprint density at radius 1 is 1.00 bits per heavy atom. The summed E-state index contributed by atoms with van der Waals surface area (Å²) < 4.78 is 34.3. The van der Waals surface area contributed by atoms with Crippen LogP contribution in [-0.2, 0) is 6.54 Å². The van der Waals surface area contributed by atoms with Gasteiger partial charge in [-0.05, 0) is 42.8 Å². The van der Waals surface area contributed by atoms with Crippen molar-refractivity contribution in [2.24, 2.45) is 0 Å². The van der Waals surface area contributed by atoms with E-state index in [0.717, 1.165) is 5.56 Å². The van der Waals surface area contributed by atoms with E-state index in [9.17, 15) is 8.78 Å².